The van der Waals surface area contributed by atoms with Crippen molar-refractivity contribution in [2.24, 2.45) is 0 Å². The Balaban J connectivity index is 1.91. The summed E-state index contributed by atoms with van der Waals surface area (Å²) in [6.07, 6.45) is 0. The fourth-order valence-electron chi connectivity index (χ4n) is 4.16. The average molecular weight is 459 g/mol. The summed E-state index contributed by atoms with van der Waals surface area (Å²) in [6.45, 7) is 0. The fraction of sp³-hybridized carbons (Fsp3) is 0.100. The lowest BCUT2D eigenvalue weighted by Crippen LogP contribution is -2.27. The second kappa shape index (κ2) is 4.68. The minimum atomic E-state index is 0.376. The highest BCUT2D eigenvalue weighted by atomic mass is 127. The molecule has 6 rings (SSSR count). The highest BCUT2D eigenvalue weighted by Gasteiger charge is 2.41. The van der Waals surface area contributed by atoms with E-state index in [9.17, 15) is 0 Å². The van der Waals surface area contributed by atoms with Crippen LogP contribution in [0.2, 0.25) is 0 Å². The third-order valence-electron chi connectivity index (χ3n) is 4.98. The molecule has 3 aromatic carbocycles. The monoisotopic (exact) mass is 458 g/mol. The van der Waals surface area contributed by atoms with Crippen molar-refractivity contribution in [3.63, 3.8) is 0 Å². The van der Waals surface area contributed by atoms with E-state index in [1.807, 2.05) is 0 Å². The van der Waals surface area contributed by atoms with Crippen LogP contribution >= 0.6 is 38.5 Å². The van der Waals surface area contributed by atoms with Gasteiger partial charge in [0, 0.05) is 19.9 Å². The van der Waals surface area contributed by atoms with Crippen molar-refractivity contribution in [2.75, 3.05) is 0 Å². The molecule has 0 nitrogen and oxygen atoms in total. The van der Waals surface area contributed by atoms with E-state index in [0.29, 0.717) is 11.8 Å². The van der Waals surface area contributed by atoms with Crippen LogP contribution in [0, 0.1) is 3.57 Å². The lowest BCUT2D eigenvalue weighted by molar-refractivity contribution is 0.752. The molecule has 0 radical (unpaired) electrons. The highest BCUT2D eigenvalue weighted by molar-refractivity contribution is 14.1. The zero-order valence-electron chi connectivity index (χ0n) is 11.7. The van der Waals surface area contributed by atoms with Crippen LogP contribution in [0.25, 0.3) is 0 Å². The predicted molar refractivity (Wildman–Crippen MR) is 102 cm³/mol. The first-order valence-electron chi connectivity index (χ1n) is 7.42. The van der Waals surface area contributed by atoms with E-state index < -0.39 is 0 Å². The molecular weight excluding hydrogens is 447 g/mol. The maximum absolute atomic E-state index is 3.72. The largest absolute Gasteiger partial charge is 0.0619 e. The van der Waals surface area contributed by atoms with Gasteiger partial charge in [-0.15, -0.1) is 0 Å². The fourth-order valence-corrected chi connectivity index (χ4v) is 5.01. The van der Waals surface area contributed by atoms with Gasteiger partial charge in [-0.05, 0) is 84.0 Å². The third kappa shape index (κ3) is 1.63. The van der Waals surface area contributed by atoms with Gasteiger partial charge in [-0.25, -0.2) is 0 Å². The summed E-state index contributed by atoms with van der Waals surface area (Å²) < 4.78 is 2.49. The molecule has 3 aromatic rings. The van der Waals surface area contributed by atoms with Gasteiger partial charge in [0.2, 0.25) is 0 Å². The molecule has 3 aliphatic carbocycles. The second-order valence-electron chi connectivity index (χ2n) is 6.02. The van der Waals surface area contributed by atoms with Crippen molar-refractivity contribution in [3.8, 4) is 0 Å². The van der Waals surface area contributed by atoms with Gasteiger partial charge < -0.3 is 0 Å². The first kappa shape index (κ1) is 13.3. The van der Waals surface area contributed by atoms with Crippen LogP contribution in [-0.2, 0) is 0 Å². The molecule has 0 aliphatic heterocycles. The average Bonchev–Trinajstić information content (AvgIpc) is 2.55. The molecule has 0 N–H and O–H groups in total. The van der Waals surface area contributed by atoms with Crippen molar-refractivity contribution >= 4 is 38.5 Å². The van der Waals surface area contributed by atoms with Crippen LogP contribution in [0.1, 0.15) is 45.2 Å². The first-order valence-corrected chi connectivity index (χ1v) is 9.29. The summed E-state index contributed by atoms with van der Waals surface area (Å²) in [6, 6.07) is 22.6. The van der Waals surface area contributed by atoms with Gasteiger partial charge in [0.15, 0.2) is 0 Å². The minimum absolute atomic E-state index is 0.376. The molecular formula is C20H12BrI. The van der Waals surface area contributed by atoms with Crippen LogP contribution in [0.4, 0.5) is 0 Å². The van der Waals surface area contributed by atoms with Gasteiger partial charge in [-0.1, -0.05) is 48.5 Å². The van der Waals surface area contributed by atoms with Crippen LogP contribution < -0.4 is 0 Å². The van der Waals surface area contributed by atoms with E-state index in [4.69, 9.17) is 0 Å². The SMILES string of the molecule is Brc1cc2c(cc1I)C1c3ccccc3C2c2ccccc21. The van der Waals surface area contributed by atoms with E-state index in [2.05, 4.69) is 99.2 Å². The molecule has 2 bridgehead atoms. The molecule has 0 unspecified atom stereocenters. The number of rotatable bonds is 0. The van der Waals surface area contributed by atoms with E-state index in [0.717, 1.165) is 0 Å². The van der Waals surface area contributed by atoms with E-state index in [-0.39, 0.29) is 0 Å². The van der Waals surface area contributed by atoms with E-state index >= 15 is 0 Å². The normalized spacial score (nSPS) is 20.3. The van der Waals surface area contributed by atoms with Gasteiger partial charge in [-0.3, -0.25) is 0 Å². The second-order valence-corrected chi connectivity index (χ2v) is 8.04. The van der Waals surface area contributed by atoms with Gasteiger partial charge in [0.05, 0.1) is 0 Å². The molecule has 0 amide bonds. The number of halogens is 2. The van der Waals surface area contributed by atoms with Crippen molar-refractivity contribution in [1.29, 1.82) is 0 Å². The Bertz CT molecular complexity index is 806. The quantitative estimate of drug-likeness (QED) is 0.248. The van der Waals surface area contributed by atoms with Crippen LogP contribution in [0.5, 0.6) is 0 Å². The Morgan fingerprint density at radius 3 is 1.50 bits per heavy atom. The molecule has 2 heteroatoms. The van der Waals surface area contributed by atoms with Gasteiger partial charge in [-0.2, -0.15) is 0 Å². The summed E-state index contributed by atoms with van der Waals surface area (Å²) >= 11 is 6.14. The molecule has 22 heavy (non-hydrogen) atoms. The summed E-state index contributed by atoms with van der Waals surface area (Å²) in [5, 5.41) is 0. The number of hydrogen-bond acceptors (Lipinski definition) is 0. The highest BCUT2D eigenvalue weighted by Crippen LogP contribution is 2.56. The van der Waals surface area contributed by atoms with Crippen molar-refractivity contribution < 1.29 is 0 Å². The number of benzene rings is 3. The predicted octanol–water partition coefficient (Wildman–Crippen LogP) is 6.04. The Morgan fingerprint density at radius 1 is 0.636 bits per heavy atom. The summed E-state index contributed by atoms with van der Waals surface area (Å²) in [7, 11) is 0. The zero-order valence-corrected chi connectivity index (χ0v) is 15.4. The summed E-state index contributed by atoms with van der Waals surface area (Å²) in [4.78, 5) is 0. The molecule has 106 valence electrons. The first-order chi connectivity index (χ1) is 10.8. The van der Waals surface area contributed by atoms with Crippen LogP contribution in [0.3, 0.4) is 0 Å². The molecule has 0 fully saturated rings. The van der Waals surface area contributed by atoms with Gasteiger partial charge >= 0.3 is 0 Å². The Hall–Kier alpha value is -1.13. The maximum Gasteiger partial charge on any atom is 0.0349 e. The lowest BCUT2D eigenvalue weighted by atomic mass is 9.61. The smallest absolute Gasteiger partial charge is 0.0349 e. The van der Waals surface area contributed by atoms with Gasteiger partial charge in [0.1, 0.15) is 0 Å². The third-order valence-corrected chi connectivity index (χ3v) is 7.27. The van der Waals surface area contributed by atoms with E-state index in [1.165, 1.54) is 41.4 Å². The molecule has 0 aromatic heterocycles. The van der Waals surface area contributed by atoms with Crippen LogP contribution in [0.15, 0.2) is 65.1 Å². The minimum Gasteiger partial charge on any atom is -0.0619 e. The summed E-state index contributed by atoms with van der Waals surface area (Å²) in [5.74, 6) is 0.759. The molecule has 0 saturated heterocycles. The Labute approximate surface area is 151 Å². The summed E-state index contributed by atoms with van der Waals surface area (Å²) in [5.41, 5.74) is 8.87. The maximum atomic E-state index is 3.72. The molecule has 3 aliphatic rings. The topological polar surface area (TPSA) is 0 Å². The number of hydrogen-bond donors (Lipinski definition) is 0. The van der Waals surface area contributed by atoms with Crippen molar-refractivity contribution in [3.05, 3.63) is 102 Å². The van der Waals surface area contributed by atoms with E-state index in [1.54, 1.807) is 0 Å². The van der Waals surface area contributed by atoms with Crippen molar-refractivity contribution in [2.45, 2.75) is 11.8 Å². The standard InChI is InChI=1S/C20H12BrI/c21-17-9-15-16(10-18(17)22)20-13-7-3-1-5-11(13)19(15)12-6-2-4-8-14(12)20/h1-10,19-20H. The lowest BCUT2D eigenvalue weighted by Gasteiger charge is -2.42. The van der Waals surface area contributed by atoms with Crippen molar-refractivity contribution in [1.82, 2.24) is 0 Å². The molecule has 0 heterocycles. The Morgan fingerprint density at radius 2 is 1.05 bits per heavy atom. The van der Waals surface area contributed by atoms with Crippen LogP contribution in [-0.4, -0.2) is 0 Å². The molecule has 0 saturated carbocycles. The molecule has 0 atom stereocenters. The zero-order chi connectivity index (χ0) is 14.8. The van der Waals surface area contributed by atoms with Gasteiger partial charge in [0.25, 0.3) is 0 Å². The Kier molecular flexibility index (Phi) is 2.84. The molecule has 0 spiro atoms.